The van der Waals surface area contributed by atoms with Gasteiger partial charge in [0, 0.05) is 56.7 Å². The summed E-state index contributed by atoms with van der Waals surface area (Å²) in [6.07, 6.45) is 3.00. The van der Waals surface area contributed by atoms with Gasteiger partial charge in [-0.2, -0.15) is 13.1 Å². The summed E-state index contributed by atoms with van der Waals surface area (Å²) in [5.74, 6) is 0. The number of pyridine rings is 1. The summed E-state index contributed by atoms with van der Waals surface area (Å²) < 4.78 is 47.1. The number of hydrogen-bond donors (Lipinski definition) is 2. The van der Waals surface area contributed by atoms with Crippen LogP contribution in [0.2, 0.25) is 0 Å². The van der Waals surface area contributed by atoms with Gasteiger partial charge in [-0.3, -0.25) is 0 Å². The predicted octanol–water partition coefficient (Wildman–Crippen LogP) is 1.09. The van der Waals surface area contributed by atoms with Gasteiger partial charge in [-0.05, 0) is 0 Å². The Morgan fingerprint density at radius 2 is 1.25 bits per heavy atom. The second kappa shape index (κ2) is 14.4. The lowest BCUT2D eigenvalue weighted by Gasteiger charge is -2.09. The quantitative estimate of drug-likeness (QED) is 0.577. The first-order valence-electron chi connectivity index (χ1n) is 7.29. The van der Waals surface area contributed by atoms with E-state index in [4.69, 9.17) is 0 Å². The first kappa shape index (κ1) is 27.9. The minimum absolute atomic E-state index is 0.951. The van der Waals surface area contributed by atoms with Gasteiger partial charge in [0.2, 0.25) is 0 Å². The van der Waals surface area contributed by atoms with Crippen LogP contribution in [0, 0.1) is 0 Å². The second-order valence-corrected chi connectivity index (χ2v) is 7.91. The zero-order valence-electron chi connectivity index (χ0n) is 15.5. The molecule has 0 saturated heterocycles. The van der Waals surface area contributed by atoms with E-state index in [9.17, 15) is 16.8 Å². The van der Waals surface area contributed by atoms with E-state index >= 15 is 0 Å². The predicted molar refractivity (Wildman–Crippen MR) is 101 cm³/mol. The van der Waals surface area contributed by atoms with Crippen LogP contribution in [-0.2, 0) is 19.4 Å². The van der Waals surface area contributed by atoms with Gasteiger partial charge in [0.15, 0.2) is 12.4 Å². The fourth-order valence-corrected chi connectivity index (χ4v) is 1.62. The summed E-state index contributed by atoms with van der Waals surface area (Å²) >= 11 is 0. The average Bonchev–Trinajstić information content (AvgIpc) is 2.58. The summed E-state index contributed by atoms with van der Waals surface area (Å²) in [6.45, 7) is 8.00. The topological polar surface area (TPSA) is 99.5 Å². The number of hydrogen-bond acceptors (Lipinski definition) is 5. The van der Waals surface area contributed by atoms with Crippen LogP contribution < -0.4 is 18.3 Å². The molecule has 1 aromatic rings. The molecular formula is C13H30ClN4O4S2+. The largest absolute Gasteiger partial charge is 0.444 e. The smallest absolute Gasteiger partial charge is 0.377 e. The monoisotopic (exact) mass is 405 g/mol. The normalized spacial score (nSPS) is 10.0. The minimum Gasteiger partial charge on any atom is -0.377 e. The van der Waals surface area contributed by atoms with E-state index in [0.717, 1.165) is 9.66 Å². The lowest BCUT2D eigenvalue weighted by atomic mass is 10.4. The van der Waals surface area contributed by atoms with Crippen LogP contribution in [0.25, 0.3) is 0 Å². The fraction of sp³-hybridized carbons (Fsp3) is 0.615. The molecule has 1 rings (SSSR count). The molecule has 11 heteroatoms. The Morgan fingerprint density at radius 1 is 0.917 bits per heavy atom. The molecule has 0 aliphatic rings. The number of aromatic nitrogens is 1. The van der Waals surface area contributed by atoms with Crippen LogP contribution >= 0.6 is 10.7 Å². The molecule has 0 unspecified atom stereocenters. The molecule has 0 fully saturated rings. The first-order valence-corrected chi connectivity index (χ1v) is 11.0. The maximum Gasteiger partial charge on any atom is 0.444 e. The van der Waals surface area contributed by atoms with E-state index in [-0.39, 0.29) is 0 Å². The van der Waals surface area contributed by atoms with Crippen molar-refractivity contribution in [1.82, 2.24) is 9.44 Å². The Hall–Kier alpha value is -0.940. The van der Waals surface area contributed by atoms with Crippen molar-refractivity contribution >= 4 is 35.8 Å². The zero-order valence-corrected chi connectivity index (χ0v) is 17.9. The molecule has 0 amide bonds. The zero-order chi connectivity index (χ0) is 20.0. The highest BCUT2D eigenvalue weighted by atomic mass is 35.7. The summed E-state index contributed by atoms with van der Waals surface area (Å²) in [5, 5.41) is 0. The van der Waals surface area contributed by atoms with Gasteiger partial charge in [-0.15, -0.1) is 8.42 Å². The first-order chi connectivity index (χ1) is 11.0. The molecule has 1 heterocycles. The van der Waals surface area contributed by atoms with Crippen molar-refractivity contribution in [1.29, 1.82) is 0 Å². The summed E-state index contributed by atoms with van der Waals surface area (Å²) in [6, 6.07) is 3.46. The van der Waals surface area contributed by atoms with E-state index in [2.05, 4.69) is 15.4 Å². The molecule has 0 aromatic carbocycles. The van der Waals surface area contributed by atoms with E-state index < -0.39 is 19.4 Å². The summed E-state index contributed by atoms with van der Waals surface area (Å²) in [4.78, 5) is 1.90. The summed E-state index contributed by atoms with van der Waals surface area (Å²) in [5.41, 5.74) is 0.951. The van der Waals surface area contributed by atoms with Crippen LogP contribution in [-0.4, -0.2) is 45.0 Å². The minimum atomic E-state index is -3.44. The van der Waals surface area contributed by atoms with Crippen LogP contribution in [0.1, 0.15) is 27.7 Å². The number of nitrogens with one attached hydrogen (secondary N) is 2. The standard InChI is InChI=1S/C8H14N3O2S.2C2H6.CH4ClNO2S/c1-9-14(12,13)11-6-4-8(5-7-11)10(2)3;2*1-2;1-3-6(2,4)5/h4-7,9H,1-3H3;2*1-2H3;3H,1H3/q+1;;;. The molecule has 0 atom stereocenters. The van der Waals surface area contributed by atoms with Crippen molar-refractivity contribution in [3.8, 4) is 0 Å². The molecular weight excluding hydrogens is 376 g/mol. The highest BCUT2D eigenvalue weighted by molar-refractivity contribution is 8.12. The molecule has 0 aliphatic carbocycles. The van der Waals surface area contributed by atoms with Crippen molar-refractivity contribution in [3.63, 3.8) is 0 Å². The molecule has 0 aliphatic heterocycles. The van der Waals surface area contributed by atoms with E-state index in [1.54, 1.807) is 12.1 Å². The molecule has 2 N–H and O–H groups in total. The van der Waals surface area contributed by atoms with Crippen molar-refractivity contribution in [2.45, 2.75) is 27.7 Å². The number of rotatable bonds is 4. The Kier molecular flexibility index (Phi) is 16.7. The molecule has 24 heavy (non-hydrogen) atoms. The van der Waals surface area contributed by atoms with Crippen LogP contribution in [0.4, 0.5) is 5.69 Å². The third kappa shape index (κ3) is 13.5. The van der Waals surface area contributed by atoms with Crippen molar-refractivity contribution in [3.05, 3.63) is 24.5 Å². The molecule has 1 aromatic heterocycles. The molecule has 0 spiro atoms. The fourth-order valence-electron chi connectivity index (χ4n) is 0.969. The Balaban J connectivity index is -0.000000371. The molecule has 0 bridgehead atoms. The Bertz CT molecular complexity index is 618. The molecule has 8 nitrogen and oxygen atoms in total. The lowest BCUT2D eigenvalue weighted by molar-refractivity contribution is -0.512. The van der Waals surface area contributed by atoms with Gasteiger partial charge in [0.05, 0.1) is 0 Å². The van der Waals surface area contributed by atoms with Crippen LogP contribution in [0.5, 0.6) is 0 Å². The maximum absolute atomic E-state index is 11.3. The average molecular weight is 406 g/mol. The van der Waals surface area contributed by atoms with Crippen molar-refractivity contribution in [2.24, 2.45) is 0 Å². The number of halogens is 1. The molecule has 0 saturated carbocycles. The Labute approximate surface area is 151 Å². The van der Waals surface area contributed by atoms with Gasteiger partial charge in [0.25, 0.3) is 9.24 Å². The molecule has 144 valence electrons. The third-order valence-electron chi connectivity index (χ3n) is 2.08. The van der Waals surface area contributed by atoms with Crippen LogP contribution in [0.15, 0.2) is 24.5 Å². The van der Waals surface area contributed by atoms with Gasteiger partial charge in [-0.1, -0.05) is 31.7 Å². The van der Waals surface area contributed by atoms with Gasteiger partial charge in [-0.25, -0.2) is 4.72 Å². The highest BCUT2D eigenvalue weighted by Gasteiger charge is 2.17. The lowest BCUT2D eigenvalue weighted by Crippen LogP contribution is -2.48. The summed E-state index contributed by atoms with van der Waals surface area (Å²) in [7, 11) is 4.15. The van der Waals surface area contributed by atoms with Gasteiger partial charge >= 0.3 is 10.2 Å². The maximum atomic E-state index is 11.3. The molecule has 0 radical (unpaired) electrons. The van der Waals surface area contributed by atoms with E-state index in [0.29, 0.717) is 0 Å². The van der Waals surface area contributed by atoms with Gasteiger partial charge in [0.1, 0.15) is 0 Å². The Morgan fingerprint density at radius 3 is 1.46 bits per heavy atom. The number of nitrogens with zero attached hydrogens (tertiary/aromatic N) is 2. The third-order valence-corrected chi connectivity index (χ3v) is 4.35. The SMILES string of the molecule is CC.CC.CNS(=O)(=O)Cl.CNS(=O)(=O)[n+]1ccc(N(C)C)cc1. The van der Waals surface area contributed by atoms with Gasteiger partial charge < -0.3 is 4.90 Å². The van der Waals surface area contributed by atoms with Crippen LogP contribution in [0.3, 0.4) is 0 Å². The van der Waals surface area contributed by atoms with Crippen molar-refractivity contribution in [2.75, 3.05) is 33.1 Å². The number of anilines is 1. The van der Waals surface area contributed by atoms with Crippen molar-refractivity contribution < 1.29 is 20.8 Å². The van der Waals surface area contributed by atoms with E-state index in [1.165, 1.54) is 26.5 Å². The highest BCUT2D eigenvalue weighted by Crippen LogP contribution is 2.05. The van der Waals surface area contributed by atoms with E-state index in [1.807, 2.05) is 51.4 Å². The second-order valence-electron chi connectivity index (χ2n) is 3.63.